The van der Waals surface area contributed by atoms with E-state index in [0.29, 0.717) is 0 Å². The third kappa shape index (κ3) is 6.56. The molecule has 3 aliphatic carbocycles. The number of hydrogen-bond donors (Lipinski definition) is 0. The normalized spacial score (nSPS) is 18.1. The number of rotatable bonds is 3. The molecule has 2 nitrogen and oxygen atoms in total. The molecule has 0 fully saturated rings. The highest BCUT2D eigenvalue weighted by molar-refractivity contribution is 6.94. The van der Waals surface area contributed by atoms with Gasteiger partial charge in [0.05, 0.1) is 0 Å². The molecule has 3 heteroatoms. The molecule has 0 unspecified atom stereocenters. The second-order valence-corrected chi connectivity index (χ2v) is 27.6. The number of fused-ring (bicyclic) bond motifs is 13. The zero-order valence-corrected chi connectivity index (χ0v) is 48.0. The quantitative estimate of drug-likeness (QED) is 0.163. The van der Waals surface area contributed by atoms with Crippen LogP contribution in [0.5, 0.6) is 0 Å². The van der Waals surface area contributed by atoms with E-state index in [1.54, 1.807) is 0 Å². The maximum Gasteiger partial charge on any atom is 0.333 e. The summed E-state index contributed by atoms with van der Waals surface area (Å²) in [5.74, 6) is 0. The van der Waals surface area contributed by atoms with Crippen molar-refractivity contribution in [1.29, 1.82) is 0 Å². The predicted molar refractivity (Wildman–Crippen MR) is 330 cm³/mol. The van der Waals surface area contributed by atoms with Crippen LogP contribution in [0.15, 0.2) is 164 Å². The van der Waals surface area contributed by atoms with Crippen LogP contribution in [0.25, 0.3) is 44.2 Å². The molecule has 0 aromatic heterocycles. The van der Waals surface area contributed by atoms with Crippen LogP contribution in [-0.4, -0.2) is 6.85 Å². The van der Waals surface area contributed by atoms with Gasteiger partial charge in [0.15, 0.2) is 0 Å². The van der Waals surface area contributed by atoms with Gasteiger partial charge < -0.3 is 9.71 Å². The monoisotopic (exact) mass is 1000 g/mol. The Balaban J connectivity index is 1.19. The van der Waals surface area contributed by atoms with E-state index in [-0.39, 0.29) is 39.3 Å². The summed E-state index contributed by atoms with van der Waals surface area (Å²) in [4.78, 5) is 5.59. The molecule has 382 valence electrons. The van der Waals surface area contributed by atoms with E-state index in [0.717, 1.165) is 6.42 Å². The molecule has 0 atom stereocenters. The largest absolute Gasteiger partial charge is 0.376 e. The number of anilines is 5. The Hall–Kier alpha value is -7.10. The van der Waals surface area contributed by atoms with Crippen molar-refractivity contribution in [3.63, 3.8) is 0 Å². The lowest BCUT2D eigenvalue weighted by molar-refractivity contribution is 0.332. The molecule has 9 aromatic carbocycles. The van der Waals surface area contributed by atoms with Crippen molar-refractivity contribution in [1.82, 2.24) is 0 Å². The summed E-state index contributed by atoms with van der Waals surface area (Å²) >= 11 is 0. The highest BCUT2D eigenvalue weighted by atomic mass is 15.2. The van der Waals surface area contributed by atoms with Crippen molar-refractivity contribution >= 4 is 57.0 Å². The Kier molecular flexibility index (Phi) is 9.89. The van der Waals surface area contributed by atoms with E-state index in [1.807, 2.05) is 0 Å². The SMILES string of the molecule is Cc1cc2c(cc1N1c3cc4c(cc3B3c5c1cc1ccccc1c5-c1c(ccc5c1C(C)(C)c1ccccc1-5)N3c1ccc(C(C)(C)C)cc1-c1ccccc1)C(C)(C)c1ccccc1C4(C)C)C(C)(C)CCC2(C)C. The molecule has 5 aliphatic rings. The maximum atomic E-state index is 2.83. The number of hydrogen-bond acceptors (Lipinski definition) is 2. The molecule has 77 heavy (non-hydrogen) atoms. The van der Waals surface area contributed by atoms with Crippen LogP contribution in [0.1, 0.15) is 158 Å². The highest BCUT2D eigenvalue weighted by Gasteiger charge is 2.52. The highest BCUT2D eigenvalue weighted by Crippen LogP contribution is 2.61. The first-order chi connectivity index (χ1) is 36.5. The number of benzene rings is 9. The standard InChI is InChI=1S/C74H73BN2/c1-44-38-55-56(71(7,8)37-36-70(55,5)6)42-62(44)76-63-43-58-57(72(9,10)53-30-22-23-31-54(53)73(58,11)12)41-59(63)75-68-64(76)39-46-26-18-19-27-48(46)65(68)66-61(35-33-50-49-28-20-21-29-52(49)74(13,14)67(50)66)77(75)60-34-32-47(69(2,3)4)40-51(60)45-24-16-15-17-25-45/h15-35,38-43H,36-37H2,1-14H3. The Morgan fingerprint density at radius 2 is 1.01 bits per heavy atom. The summed E-state index contributed by atoms with van der Waals surface area (Å²) in [6.45, 7) is 34.0. The first-order valence-electron chi connectivity index (χ1n) is 28.6. The van der Waals surface area contributed by atoms with Crippen molar-refractivity contribution in [3.8, 4) is 33.4 Å². The van der Waals surface area contributed by atoms with Crippen molar-refractivity contribution in [3.05, 3.63) is 219 Å². The Bertz CT molecular complexity index is 4020. The maximum absolute atomic E-state index is 2.83. The van der Waals surface area contributed by atoms with Gasteiger partial charge in [0.1, 0.15) is 0 Å². The average molecular weight is 1000 g/mol. The summed E-state index contributed by atoms with van der Waals surface area (Å²) in [5.41, 5.74) is 30.3. The van der Waals surface area contributed by atoms with E-state index < -0.39 is 0 Å². The van der Waals surface area contributed by atoms with Gasteiger partial charge in [-0.25, -0.2) is 0 Å². The molecule has 0 spiro atoms. The first kappa shape index (κ1) is 48.3. The molecule has 0 saturated carbocycles. The third-order valence-corrected chi connectivity index (χ3v) is 20.0. The minimum atomic E-state index is -0.278. The Labute approximate surface area is 459 Å². The van der Waals surface area contributed by atoms with Gasteiger partial charge in [-0.1, -0.05) is 217 Å². The Morgan fingerprint density at radius 3 is 1.70 bits per heavy atom. The molecule has 9 aromatic rings. The van der Waals surface area contributed by atoms with Crippen LogP contribution in [0.2, 0.25) is 0 Å². The molecule has 0 bridgehead atoms. The second-order valence-electron chi connectivity index (χ2n) is 27.6. The van der Waals surface area contributed by atoms with Crippen LogP contribution in [0.3, 0.4) is 0 Å². The van der Waals surface area contributed by atoms with E-state index in [1.165, 1.54) is 146 Å². The van der Waals surface area contributed by atoms with Gasteiger partial charge in [0.2, 0.25) is 0 Å². The molecule has 0 radical (unpaired) electrons. The van der Waals surface area contributed by atoms with Gasteiger partial charge in [-0.05, 0) is 172 Å². The summed E-state index contributed by atoms with van der Waals surface area (Å²) in [6, 6.07) is 64.7. The molecule has 0 N–H and O–H groups in total. The zero-order chi connectivity index (χ0) is 53.7. The average Bonchev–Trinajstić information content (AvgIpc) is 3.92. The van der Waals surface area contributed by atoms with Crippen LogP contribution in [0.4, 0.5) is 28.4 Å². The van der Waals surface area contributed by atoms with Gasteiger partial charge in [-0.15, -0.1) is 0 Å². The summed E-state index contributed by atoms with van der Waals surface area (Å²) in [7, 11) is 0. The van der Waals surface area contributed by atoms with Crippen molar-refractivity contribution in [2.75, 3.05) is 9.71 Å². The number of nitrogens with zero attached hydrogens (tertiary/aromatic N) is 2. The van der Waals surface area contributed by atoms with Crippen molar-refractivity contribution in [2.45, 2.75) is 142 Å². The smallest absolute Gasteiger partial charge is 0.333 e. The third-order valence-electron chi connectivity index (χ3n) is 20.0. The van der Waals surface area contributed by atoms with E-state index in [9.17, 15) is 0 Å². The van der Waals surface area contributed by atoms with E-state index in [4.69, 9.17) is 0 Å². The van der Waals surface area contributed by atoms with Crippen LogP contribution in [0, 0.1) is 6.92 Å². The summed E-state index contributed by atoms with van der Waals surface area (Å²) in [6.07, 6.45) is 2.33. The molecular formula is C74H73BN2. The fourth-order valence-electron chi connectivity index (χ4n) is 15.5. The topological polar surface area (TPSA) is 6.48 Å². The van der Waals surface area contributed by atoms with Gasteiger partial charge in [-0.3, -0.25) is 0 Å². The molecule has 2 heterocycles. The fraction of sp³-hybridized carbons (Fsp3) is 0.297. The van der Waals surface area contributed by atoms with E-state index in [2.05, 4.69) is 270 Å². The van der Waals surface area contributed by atoms with Crippen LogP contribution >= 0.6 is 0 Å². The lowest BCUT2D eigenvalue weighted by Gasteiger charge is -2.50. The minimum absolute atomic E-state index is 0.0206. The molecule has 2 aliphatic heterocycles. The Morgan fingerprint density at radius 1 is 0.429 bits per heavy atom. The second kappa shape index (κ2) is 15.8. The summed E-state index contributed by atoms with van der Waals surface area (Å²) < 4.78 is 0. The fourth-order valence-corrected chi connectivity index (χ4v) is 15.5. The van der Waals surface area contributed by atoms with Crippen LogP contribution < -0.4 is 20.6 Å². The van der Waals surface area contributed by atoms with Crippen molar-refractivity contribution in [2.24, 2.45) is 0 Å². The zero-order valence-electron chi connectivity index (χ0n) is 48.0. The van der Waals surface area contributed by atoms with Gasteiger partial charge in [0, 0.05) is 55.8 Å². The molecule has 14 rings (SSSR count). The lowest BCUT2D eigenvalue weighted by atomic mass is 9.42. The first-order valence-corrected chi connectivity index (χ1v) is 28.6. The number of aryl methyl sites for hydroxylation is 1. The molecule has 0 amide bonds. The van der Waals surface area contributed by atoms with Crippen LogP contribution in [-0.2, 0) is 32.5 Å². The summed E-state index contributed by atoms with van der Waals surface area (Å²) in [5, 5.41) is 2.58. The van der Waals surface area contributed by atoms with Gasteiger partial charge >= 0.3 is 6.85 Å². The lowest BCUT2D eigenvalue weighted by Crippen LogP contribution is -2.62. The van der Waals surface area contributed by atoms with Gasteiger partial charge in [-0.2, -0.15) is 0 Å². The predicted octanol–water partition coefficient (Wildman–Crippen LogP) is 18.4. The molecule has 0 saturated heterocycles. The van der Waals surface area contributed by atoms with E-state index >= 15 is 0 Å². The molecular weight excluding hydrogens is 928 g/mol. The minimum Gasteiger partial charge on any atom is -0.376 e. The van der Waals surface area contributed by atoms with Gasteiger partial charge in [0.25, 0.3) is 0 Å². The van der Waals surface area contributed by atoms with Crippen molar-refractivity contribution < 1.29 is 0 Å².